The fourth-order valence-corrected chi connectivity index (χ4v) is 1.58. The van der Waals surface area contributed by atoms with Crippen molar-refractivity contribution < 1.29 is 4.79 Å². The van der Waals surface area contributed by atoms with Crippen molar-refractivity contribution in [2.45, 2.75) is 13.8 Å². The number of hydrogen-bond acceptors (Lipinski definition) is 3. The Morgan fingerprint density at radius 3 is 2.81 bits per heavy atom. The van der Waals surface area contributed by atoms with E-state index in [0.29, 0.717) is 5.82 Å². The summed E-state index contributed by atoms with van der Waals surface area (Å²) in [7, 11) is 0. The molecule has 0 aliphatic carbocycles. The summed E-state index contributed by atoms with van der Waals surface area (Å²) in [6.07, 6.45) is 1.62. The van der Waals surface area contributed by atoms with E-state index in [-0.39, 0.29) is 10.9 Å². The normalized spacial score (nSPS) is 11.9. The number of thiocarbonyl (C=S) groups is 1. The number of aromatic nitrogens is 1. The first-order chi connectivity index (χ1) is 7.41. The summed E-state index contributed by atoms with van der Waals surface area (Å²) in [5, 5.41) is 2.68. The number of aryl methyl sites for hydroxylation is 1. The average Bonchev–Trinajstić information content (AvgIpc) is 2.20. The molecule has 6 heteroatoms. The molecule has 0 aliphatic heterocycles. The summed E-state index contributed by atoms with van der Waals surface area (Å²) >= 11 is 8.05. The first kappa shape index (κ1) is 13.1. The van der Waals surface area contributed by atoms with Crippen molar-refractivity contribution in [3.05, 3.63) is 22.3 Å². The number of carbonyl (C=O) groups is 1. The predicted octanol–water partition coefficient (Wildman–Crippen LogP) is 2.01. The van der Waals surface area contributed by atoms with E-state index < -0.39 is 5.92 Å². The van der Waals surface area contributed by atoms with E-state index in [4.69, 9.17) is 18.0 Å². The molecular formula is C10H12BrN3OS. The van der Waals surface area contributed by atoms with E-state index in [1.165, 1.54) is 0 Å². The van der Waals surface area contributed by atoms with Crippen LogP contribution in [0, 0.1) is 12.8 Å². The molecule has 0 aliphatic rings. The molecule has 1 amide bonds. The Kier molecular flexibility index (Phi) is 4.37. The summed E-state index contributed by atoms with van der Waals surface area (Å²) in [5.74, 6) is -0.221. The number of halogens is 1. The Labute approximate surface area is 108 Å². The number of nitrogens with one attached hydrogen (secondary N) is 1. The number of rotatable bonds is 3. The predicted molar refractivity (Wildman–Crippen MR) is 71.3 cm³/mol. The van der Waals surface area contributed by atoms with Crippen molar-refractivity contribution >= 4 is 44.9 Å². The number of pyridine rings is 1. The number of hydrogen-bond donors (Lipinski definition) is 2. The van der Waals surface area contributed by atoms with Gasteiger partial charge in [-0.05, 0) is 41.4 Å². The second kappa shape index (κ2) is 5.36. The zero-order chi connectivity index (χ0) is 12.3. The molecule has 0 aromatic carbocycles. The smallest absolute Gasteiger partial charge is 0.235 e. The van der Waals surface area contributed by atoms with Crippen molar-refractivity contribution in [2.24, 2.45) is 11.7 Å². The van der Waals surface area contributed by atoms with Crippen LogP contribution in [-0.2, 0) is 4.79 Å². The maximum atomic E-state index is 11.7. The highest BCUT2D eigenvalue weighted by Gasteiger charge is 2.16. The summed E-state index contributed by atoms with van der Waals surface area (Å²) in [6.45, 7) is 3.52. The Hall–Kier alpha value is -1.01. The molecule has 86 valence electrons. The van der Waals surface area contributed by atoms with Crippen molar-refractivity contribution in [1.82, 2.24) is 4.98 Å². The number of carbonyl (C=O) groups excluding carboxylic acids is 1. The number of nitrogens with zero attached hydrogens (tertiary/aromatic N) is 1. The van der Waals surface area contributed by atoms with Gasteiger partial charge in [0.1, 0.15) is 5.82 Å². The van der Waals surface area contributed by atoms with E-state index in [2.05, 4.69) is 26.2 Å². The van der Waals surface area contributed by atoms with Crippen LogP contribution in [0.15, 0.2) is 16.7 Å². The van der Waals surface area contributed by atoms with Crippen LogP contribution >= 0.6 is 28.1 Å². The third-order valence-electron chi connectivity index (χ3n) is 2.11. The SMILES string of the molecule is Cc1cc(Br)cnc1NC(=O)C(C)C(N)=S. The lowest BCUT2D eigenvalue weighted by molar-refractivity contribution is -0.117. The van der Waals surface area contributed by atoms with Gasteiger partial charge in [-0.25, -0.2) is 4.98 Å². The van der Waals surface area contributed by atoms with Crippen LogP contribution in [0.25, 0.3) is 0 Å². The molecule has 1 aromatic rings. The summed E-state index contributed by atoms with van der Waals surface area (Å²) in [5.41, 5.74) is 6.27. The van der Waals surface area contributed by atoms with Crippen LogP contribution in [0.1, 0.15) is 12.5 Å². The fraction of sp³-hybridized carbons (Fsp3) is 0.300. The Morgan fingerprint density at radius 1 is 1.69 bits per heavy atom. The molecule has 0 fully saturated rings. The van der Waals surface area contributed by atoms with Crippen LogP contribution in [0.2, 0.25) is 0 Å². The Morgan fingerprint density at radius 2 is 2.31 bits per heavy atom. The lowest BCUT2D eigenvalue weighted by atomic mass is 10.1. The highest BCUT2D eigenvalue weighted by Crippen LogP contribution is 2.17. The molecule has 1 aromatic heterocycles. The van der Waals surface area contributed by atoms with Crippen molar-refractivity contribution in [1.29, 1.82) is 0 Å². The number of nitrogens with two attached hydrogens (primary N) is 1. The first-order valence-corrected chi connectivity index (χ1v) is 5.84. The van der Waals surface area contributed by atoms with E-state index in [1.54, 1.807) is 13.1 Å². The molecule has 1 rings (SSSR count). The molecule has 0 spiro atoms. The highest BCUT2D eigenvalue weighted by atomic mass is 79.9. The van der Waals surface area contributed by atoms with Crippen molar-refractivity contribution in [3.8, 4) is 0 Å². The molecule has 16 heavy (non-hydrogen) atoms. The largest absolute Gasteiger partial charge is 0.393 e. The van der Waals surface area contributed by atoms with Gasteiger partial charge < -0.3 is 11.1 Å². The molecule has 1 heterocycles. The second-order valence-corrected chi connectivity index (χ2v) is 4.82. The minimum atomic E-state index is -0.500. The van der Waals surface area contributed by atoms with Gasteiger partial charge in [0.2, 0.25) is 5.91 Å². The second-order valence-electron chi connectivity index (χ2n) is 3.43. The minimum absolute atomic E-state index is 0.173. The zero-order valence-electron chi connectivity index (χ0n) is 8.95. The lowest BCUT2D eigenvalue weighted by Crippen LogP contribution is -2.31. The summed E-state index contributed by atoms with van der Waals surface area (Å²) in [6, 6.07) is 1.87. The molecule has 4 nitrogen and oxygen atoms in total. The van der Waals surface area contributed by atoms with E-state index >= 15 is 0 Å². The van der Waals surface area contributed by atoms with Gasteiger partial charge in [0, 0.05) is 10.7 Å². The van der Waals surface area contributed by atoms with Gasteiger partial charge in [-0.1, -0.05) is 12.2 Å². The van der Waals surface area contributed by atoms with Gasteiger partial charge >= 0.3 is 0 Å². The van der Waals surface area contributed by atoms with Gasteiger partial charge in [0.05, 0.1) is 10.9 Å². The van der Waals surface area contributed by atoms with Gasteiger partial charge in [0.15, 0.2) is 0 Å². The molecule has 0 radical (unpaired) electrons. The van der Waals surface area contributed by atoms with E-state index in [1.807, 2.05) is 13.0 Å². The molecule has 3 N–H and O–H groups in total. The molecule has 1 unspecified atom stereocenters. The minimum Gasteiger partial charge on any atom is -0.393 e. The monoisotopic (exact) mass is 301 g/mol. The van der Waals surface area contributed by atoms with Crippen LogP contribution in [0.5, 0.6) is 0 Å². The third kappa shape index (κ3) is 3.24. The first-order valence-electron chi connectivity index (χ1n) is 4.64. The van der Waals surface area contributed by atoms with E-state index in [9.17, 15) is 4.79 Å². The van der Waals surface area contributed by atoms with Gasteiger partial charge in [-0.15, -0.1) is 0 Å². The molecular weight excluding hydrogens is 290 g/mol. The average molecular weight is 302 g/mol. The van der Waals surface area contributed by atoms with Gasteiger partial charge in [0.25, 0.3) is 0 Å². The molecule has 0 saturated heterocycles. The third-order valence-corrected chi connectivity index (χ3v) is 2.89. The Balaban J connectivity index is 2.81. The maximum absolute atomic E-state index is 11.7. The number of amides is 1. The number of anilines is 1. The zero-order valence-corrected chi connectivity index (χ0v) is 11.4. The molecule has 0 bridgehead atoms. The topological polar surface area (TPSA) is 68.0 Å². The maximum Gasteiger partial charge on any atom is 0.235 e. The quantitative estimate of drug-likeness (QED) is 0.838. The van der Waals surface area contributed by atoms with Crippen LogP contribution < -0.4 is 11.1 Å². The van der Waals surface area contributed by atoms with Crippen LogP contribution in [-0.4, -0.2) is 15.9 Å². The van der Waals surface area contributed by atoms with Crippen molar-refractivity contribution in [3.63, 3.8) is 0 Å². The fourth-order valence-electron chi connectivity index (χ4n) is 1.03. The summed E-state index contributed by atoms with van der Waals surface area (Å²) in [4.78, 5) is 15.9. The van der Waals surface area contributed by atoms with Gasteiger partial charge in [-0.3, -0.25) is 4.79 Å². The van der Waals surface area contributed by atoms with E-state index in [0.717, 1.165) is 10.0 Å². The van der Waals surface area contributed by atoms with Gasteiger partial charge in [-0.2, -0.15) is 0 Å². The highest BCUT2D eigenvalue weighted by molar-refractivity contribution is 9.10. The van der Waals surface area contributed by atoms with Crippen molar-refractivity contribution in [2.75, 3.05) is 5.32 Å². The lowest BCUT2D eigenvalue weighted by Gasteiger charge is -2.11. The summed E-state index contributed by atoms with van der Waals surface area (Å²) < 4.78 is 0.866. The molecule has 1 atom stereocenters. The van der Waals surface area contributed by atoms with Crippen LogP contribution in [0.4, 0.5) is 5.82 Å². The molecule has 0 saturated carbocycles. The standard InChI is InChI=1S/C10H12BrN3OS/c1-5-3-7(11)4-13-9(5)14-10(15)6(2)8(12)16/h3-4,6H,1-2H3,(H2,12,16)(H,13,14,15). The Bertz CT molecular complexity index is 436. The van der Waals surface area contributed by atoms with Crippen LogP contribution in [0.3, 0.4) is 0 Å².